The van der Waals surface area contributed by atoms with Crippen LogP contribution in [0, 0.1) is 16.7 Å². The van der Waals surface area contributed by atoms with E-state index in [9.17, 15) is 0 Å². The summed E-state index contributed by atoms with van der Waals surface area (Å²) in [6.07, 6.45) is 5.30. The van der Waals surface area contributed by atoms with Crippen LogP contribution in [0.15, 0.2) is 18.3 Å². The van der Waals surface area contributed by atoms with E-state index >= 15 is 0 Å². The molecule has 1 aliphatic heterocycles. The molecule has 17 heavy (non-hydrogen) atoms. The van der Waals surface area contributed by atoms with Crippen molar-refractivity contribution in [2.24, 2.45) is 5.41 Å². The Labute approximate surface area is 103 Å². The van der Waals surface area contributed by atoms with Gasteiger partial charge in [-0.2, -0.15) is 5.26 Å². The first-order chi connectivity index (χ1) is 8.12. The first-order valence-electron chi connectivity index (χ1n) is 6.22. The van der Waals surface area contributed by atoms with Gasteiger partial charge in [-0.25, -0.2) is 4.98 Å². The van der Waals surface area contributed by atoms with Gasteiger partial charge in [-0.3, -0.25) is 0 Å². The lowest BCUT2D eigenvalue weighted by Crippen LogP contribution is -2.26. The van der Waals surface area contributed by atoms with E-state index in [1.54, 1.807) is 6.20 Å². The van der Waals surface area contributed by atoms with Gasteiger partial charge in [-0.05, 0) is 36.8 Å². The number of rotatable bonds is 1. The highest BCUT2D eigenvalue weighted by molar-refractivity contribution is 5.55. The second kappa shape index (κ2) is 4.75. The summed E-state index contributed by atoms with van der Waals surface area (Å²) in [4.78, 5) is 6.44. The van der Waals surface area contributed by atoms with Gasteiger partial charge < -0.3 is 4.90 Å². The molecule has 0 spiro atoms. The van der Waals surface area contributed by atoms with Crippen LogP contribution in [-0.2, 0) is 0 Å². The van der Waals surface area contributed by atoms with Crippen molar-refractivity contribution >= 4 is 5.69 Å². The SMILES string of the molecule is CC1(C)CCCN(c2cccnc2C#N)CC1. The fourth-order valence-corrected chi connectivity index (χ4v) is 2.40. The Bertz CT molecular complexity index is 431. The van der Waals surface area contributed by atoms with Crippen molar-refractivity contribution in [2.75, 3.05) is 18.0 Å². The molecule has 2 heterocycles. The molecule has 0 aliphatic carbocycles. The van der Waals surface area contributed by atoms with Crippen molar-refractivity contribution in [3.8, 4) is 6.07 Å². The number of pyridine rings is 1. The molecule has 0 atom stereocenters. The van der Waals surface area contributed by atoms with Crippen molar-refractivity contribution < 1.29 is 0 Å². The number of hydrogen-bond donors (Lipinski definition) is 0. The minimum atomic E-state index is 0.420. The van der Waals surface area contributed by atoms with Gasteiger partial charge in [0.25, 0.3) is 0 Å². The monoisotopic (exact) mass is 229 g/mol. The molecule has 0 amide bonds. The lowest BCUT2D eigenvalue weighted by Gasteiger charge is -2.25. The van der Waals surface area contributed by atoms with Crippen LogP contribution in [0.3, 0.4) is 0 Å². The van der Waals surface area contributed by atoms with Gasteiger partial charge >= 0.3 is 0 Å². The summed E-state index contributed by atoms with van der Waals surface area (Å²) >= 11 is 0. The summed E-state index contributed by atoms with van der Waals surface area (Å²) in [5.41, 5.74) is 1.96. The summed E-state index contributed by atoms with van der Waals surface area (Å²) in [6, 6.07) is 6.09. The normalized spacial score (nSPS) is 19.5. The third-order valence-corrected chi connectivity index (χ3v) is 3.57. The molecule has 3 nitrogen and oxygen atoms in total. The molecule has 1 aliphatic rings. The Morgan fingerprint density at radius 2 is 2.18 bits per heavy atom. The molecule has 0 unspecified atom stereocenters. The summed E-state index contributed by atoms with van der Waals surface area (Å²) in [7, 11) is 0. The van der Waals surface area contributed by atoms with Crippen molar-refractivity contribution in [1.82, 2.24) is 4.98 Å². The fourth-order valence-electron chi connectivity index (χ4n) is 2.40. The molecule has 2 rings (SSSR count). The van der Waals surface area contributed by atoms with Gasteiger partial charge in [0.05, 0.1) is 5.69 Å². The van der Waals surface area contributed by atoms with Gasteiger partial charge in [0.1, 0.15) is 6.07 Å². The van der Waals surface area contributed by atoms with E-state index in [-0.39, 0.29) is 0 Å². The predicted molar refractivity (Wildman–Crippen MR) is 68.8 cm³/mol. The van der Waals surface area contributed by atoms with Crippen LogP contribution >= 0.6 is 0 Å². The molecule has 3 heteroatoms. The molecule has 1 aromatic rings. The molecular formula is C14H19N3. The number of nitriles is 1. The van der Waals surface area contributed by atoms with Crippen molar-refractivity contribution in [3.05, 3.63) is 24.0 Å². The maximum Gasteiger partial charge on any atom is 0.163 e. The van der Waals surface area contributed by atoms with E-state index in [0.717, 1.165) is 18.8 Å². The number of nitrogens with zero attached hydrogens (tertiary/aromatic N) is 3. The Morgan fingerprint density at radius 3 is 2.94 bits per heavy atom. The van der Waals surface area contributed by atoms with E-state index in [0.29, 0.717) is 11.1 Å². The molecule has 1 aromatic heterocycles. The Morgan fingerprint density at radius 1 is 1.35 bits per heavy atom. The zero-order valence-corrected chi connectivity index (χ0v) is 10.6. The Kier molecular flexibility index (Phi) is 3.33. The highest BCUT2D eigenvalue weighted by Crippen LogP contribution is 2.32. The molecule has 0 aromatic carbocycles. The summed E-state index contributed by atoms with van der Waals surface area (Å²) < 4.78 is 0. The number of hydrogen-bond acceptors (Lipinski definition) is 3. The highest BCUT2D eigenvalue weighted by Gasteiger charge is 2.24. The van der Waals surface area contributed by atoms with Gasteiger partial charge in [0, 0.05) is 19.3 Å². The molecule has 1 fully saturated rings. The molecule has 1 saturated heterocycles. The smallest absolute Gasteiger partial charge is 0.163 e. The summed E-state index contributed by atoms with van der Waals surface area (Å²) in [5, 5.41) is 9.08. The third-order valence-electron chi connectivity index (χ3n) is 3.57. The number of aromatic nitrogens is 1. The van der Waals surface area contributed by atoms with Crippen molar-refractivity contribution in [1.29, 1.82) is 5.26 Å². The predicted octanol–water partition coefficient (Wildman–Crippen LogP) is 2.97. The average Bonchev–Trinajstić information content (AvgIpc) is 2.50. The second-order valence-corrected chi connectivity index (χ2v) is 5.49. The van der Waals surface area contributed by atoms with Crippen LogP contribution in [0.1, 0.15) is 38.8 Å². The quantitative estimate of drug-likeness (QED) is 0.743. The van der Waals surface area contributed by atoms with Crippen LogP contribution in [0.25, 0.3) is 0 Å². The van der Waals surface area contributed by atoms with Gasteiger partial charge in [0.15, 0.2) is 5.69 Å². The van der Waals surface area contributed by atoms with Crippen LogP contribution in [0.5, 0.6) is 0 Å². The zero-order chi connectivity index (χ0) is 12.3. The molecule has 90 valence electrons. The maximum atomic E-state index is 9.08. The zero-order valence-electron chi connectivity index (χ0n) is 10.6. The van der Waals surface area contributed by atoms with Crippen LogP contribution < -0.4 is 4.90 Å². The van der Waals surface area contributed by atoms with Crippen LogP contribution in [0.2, 0.25) is 0 Å². The van der Waals surface area contributed by atoms with Crippen molar-refractivity contribution in [2.45, 2.75) is 33.1 Å². The molecule has 0 saturated carbocycles. The summed E-state index contributed by atoms with van der Waals surface area (Å²) in [6.45, 7) is 6.70. The van der Waals surface area contributed by atoms with Crippen molar-refractivity contribution in [3.63, 3.8) is 0 Å². The fraction of sp³-hybridized carbons (Fsp3) is 0.571. The van der Waals surface area contributed by atoms with Crippen LogP contribution in [-0.4, -0.2) is 18.1 Å². The Balaban J connectivity index is 2.20. The lowest BCUT2D eigenvalue weighted by molar-refractivity contribution is 0.325. The van der Waals surface area contributed by atoms with E-state index in [2.05, 4.69) is 29.8 Å². The minimum Gasteiger partial charge on any atom is -0.369 e. The van der Waals surface area contributed by atoms with E-state index in [1.807, 2.05) is 12.1 Å². The van der Waals surface area contributed by atoms with Gasteiger partial charge in [-0.1, -0.05) is 13.8 Å². The second-order valence-electron chi connectivity index (χ2n) is 5.49. The molecule has 0 radical (unpaired) electrons. The van der Waals surface area contributed by atoms with E-state index in [1.165, 1.54) is 19.3 Å². The van der Waals surface area contributed by atoms with E-state index in [4.69, 9.17) is 5.26 Å². The maximum absolute atomic E-state index is 9.08. The average molecular weight is 229 g/mol. The molecule has 0 N–H and O–H groups in total. The summed E-state index contributed by atoms with van der Waals surface area (Å²) in [5.74, 6) is 0. The van der Waals surface area contributed by atoms with Gasteiger partial charge in [0.2, 0.25) is 0 Å². The first kappa shape index (κ1) is 11.9. The molecule has 0 bridgehead atoms. The van der Waals surface area contributed by atoms with Gasteiger partial charge in [-0.15, -0.1) is 0 Å². The molecular weight excluding hydrogens is 210 g/mol. The largest absolute Gasteiger partial charge is 0.369 e. The topological polar surface area (TPSA) is 39.9 Å². The number of anilines is 1. The van der Waals surface area contributed by atoms with E-state index < -0.39 is 0 Å². The highest BCUT2D eigenvalue weighted by atomic mass is 15.1. The standard InChI is InChI=1S/C14H19N3/c1-14(2)6-4-9-17(10-7-14)13-5-3-8-16-12(13)11-15/h3,5,8H,4,6-7,9-10H2,1-2H3. The lowest BCUT2D eigenvalue weighted by atomic mass is 9.85. The Hall–Kier alpha value is -1.56. The first-order valence-corrected chi connectivity index (χ1v) is 6.22. The third kappa shape index (κ3) is 2.76. The minimum absolute atomic E-state index is 0.420. The van der Waals surface area contributed by atoms with Crippen LogP contribution in [0.4, 0.5) is 5.69 Å².